The number of hydrogen-bond acceptors (Lipinski definition) is 34. The van der Waals surface area contributed by atoms with Gasteiger partial charge >= 0.3 is 23.9 Å². The first-order valence-electron chi connectivity index (χ1n) is 43.8. The van der Waals surface area contributed by atoms with Crippen LogP contribution in [0, 0.1) is 0 Å². The summed E-state index contributed by atoms with van der Waals surface area (Å²) in [6.07, 6.45) is 10.7. The number of carbonyl (C=O) groups is 6. The van der Waals surface area contributed by atoms with Crippen LogP contribution in [0.25, 0.3) is 78.5 Å². The van der Waals surface area contributed by atoms with Crippen molar-refractivity contribution in [1.29, 1.82) is 0 Å². The van der Waals surface area contributed by atoms with Crippen molar-refractivity contribution in [2.24, 2.45) is 0 Å². The molecule has 0 atom stereocenters. The van der Waals surface area contributed by atoms with E-state index < -0.39 is 23.9 Å². The lowest BCUT2D eigenvalue weighted by Gasteiger charge is -2.36. The minimum Gasteiger partial charge on any atom is -0.508 e. The average Bonchev–Trinajstić information content (AvgIpc) is 1.59. The first-order valence-corrected chi connectivity index (χ1v) is 43.8. The highest BCUT2D eigenvalue weighted by atomic mass is 16.4. The third-order valence-electron chi connectivity index (χ3n) is 24.4. The predicted molar refractivity (Wildman–Crippen MR) is 500 cm³/mol. The lowest BCUT2D eigenvalue weighted by atomic mass is 10.1. The predicted octanol–water partition coefficient (Wildman–Crippen LogP) is 6.84. The minimum absolute atomic E-state index is 0.0922. The summed E-state index contributed by atoms with van der Waals surface area (Å²) in [5, 5.41) is 82.9. The second kappa shape index (κ2) is 36.2. The van der Waals surface area contributed by atoms with E-state index in [0.717, 1.165) is 99.5 Å². The van der Waals surface area contributed by atoms with Gasteiger partial charge in [-0.1, -0.05) is 71.1 Å². The molecular weight excluding hydrogens is 1780 g/mol. The number of hydrogen-bond donors (Lipinski definition) is 7. The zero-order chi connectivity index (χ0) is 94.5. The van der Waals surface area contributed by atoms with E-state index in [4.69, 9.17) is 29.9 Å². The number of aromatic hydroxyl groups is 3. The van der Waals surface area contributed by atoms with E-state index in [2.05, 4.69) is 102 Å². The number of benzene rings is 6. The van der Waals surface area contributed by atoms with Crippen molar-refractivity contribution in [2.45, 2.75) is 52.4 Å². The van der Waals surface area contributed by atoms with E-state index in [9.17, 15) is 64.5 Å². The molecule has 18 heterocycles. The molecule has 0 aliphatic carbocycles. The Morgan fingerprint density at radius 1 is 0.304 bits per heavy atom. The number of carboxylic acid groups (broad SMARTS) is 4. The van der Waals surface area contributed by atoms with Crippen LogP contribution in [-0.2, 0) is 71.5 Å². The largest absolute Gasteiger partial charge is 0.508 e. The van der Waals surface area contributed by atoms with Gasteiger partial charge in [0, 0.05) is 132 Å². The van der Waals surface area contributed by atoms with Crippen molar-refractivity contribution >= 4 is 155 Å². The molecule has 0 unspecified atom stereocenters. The standard InChI is InChI=1S/C25H25N7O3.C23H16N6O4.2C22H20N10O3/c33-20-7-5-19(6-8-20)29-9-11-30(12-10-29)25-27-23(31-13-17-3-1-2-4-18(17)14-31)22-24(28-25)32(16-26-22)15-21(34)35;30-17(31)11-27-12-24-18-19(27)25-23(29-10-14-6-2-4-8-16(14)22(29)33)26-20(18)28-9-13-5-1-3-7-15(13)21(28)32;33-15-3-1-14(2-4-15)29-7-9-30(10-8-29)22-25-20-19(24-13-31(20)12-18(34)35)21(26-22)32-17-11-23-6-5-16(17)27-28-32;33-15-5-3-14(4-6-15)29-8-10-30(11-9-29)22-25-20-18(24-13-31(20)12-17(34)35)21(26-22)32-19-16(27-28-32)2-1-7-23-19/h1-8,16,33H,9-15H2,(H,34,35);1-8,12H,9-11H2,(H,30,31);1-6,11,13,33H,7-10,12H2,(H,34,35);1-7,13,33H,8-12H2,(H,34,35). The Labute approximate surface area is 778 Å². The molecule has 6 aromatic carbocycles. The smallest absolute Gasteiger partial charge is 0.323 e. The van der Waals surface area contributed by atoms with Gasteiger partial charge in [0.2, 0.25) is 23.8 Å². The van der Waals surface area contributed by atoms with Gasteiger partial charge in [-0.15, -0.1) is 10.2 Å². The average molecular weight is 1860 g/mol. The number of carbonyl (C=O) groups excluding carboxylic acids is 2. The van der Waals surface area contributed by atoms with E-state index in [-0.39, 0.29) is 79.2 Å². The molecule has 0 radical (unpaired) electrons. The molecule has 46 heteroatoms. The highest BCUT2D eigenvalue weighted by Crippen LogP contribution is 2.39. The van der Waals surface area contributed by atoms with Crippen LogP contribution in [0.2, 0.25) is 0 Å². The molecule has 46 nitrogen and oxygen atoms in total. The number of phenols is 3. The third kappa shape index (κ3) is 17.0. The molecule has 138 heavy (non-hydrogen) atoms. The van der Waals surface area contributed by atoms with Crippen LogP contribution < -0.4 is 44.1 Å². The molecule has 18 aromatic rings. The highest BCUT2D eigenvalue weighted by molar-refractivity contribution is 6.13. The molecule has 6 aliphatic heterocycles. The van der Waals surface area contributed by atoms with Crippen LogP contribution in [0.3, 0.4) is 0 Å². The quantitative estimate of drug-likeness (QED) is 0.0435. The van der Waals surface area contributed by atoms with Crippen molar-refractivity contribution in [3.05, 3.63) is 241 Å². The maximum atomic E-state index is 13.2. The van der Waals surface area contributed by atoms with Gasteiger partial charge < -0.3 is 88.3 Å². The molecule has 12 aromatic heterocycles. The Balaban J connectivity index is 0.000000110. The molecular formula is C92H81N33O13. The lowest BCUT2D eigenvalue weighted by molar-refractivity contribution is -0.138. The van der Waals surface area contributed by atoms with Crippen LogP contribution in [0.15, 0.2) is 208 Å². The van der Waals surface area contributed by atoms with E-state index in [1.54, 1.807) is 107 Å². The molecule has 0 bridgehead atoms. The summed E-state index contributed by atoms with van der Waals surface area (Å²) in [5.41, 5.74) is 14.2. The first-order chi connectivity index (χ1) is 67.2. The van der Waals surface area contributed by atoms with Crippen LogP contribution in [0.4, 0.5) is 52.5 Å². The lowest BCUT2D eigenvalue weighted by Crippen LogP contribution is -2.47. The minimum atomic E-state index is -1.06. The van der Waals surface area contributed by atoms with Gasteiger partial charge in [-0.2, -0.15) is 49.2 Å². The summed E-state index contributed by atoms with van der Waals surface area (Å²) in [6.45, 7) is 9.40. The van der Waals surface area contributed by atoms with Crippen LogP contribution in [0.5, 0.6) is 17.2 Å². The number of phenolic OH excluding ortho intramolecular Hbond substituents is 3. The molecule has 0 spiro atoms. The molecule has 0 saturated carbocycles. The number of fused-ring (bicyclic) bond motifs is 9. The van der Waals surface area contributed by atoms with Crippen molar-refractivity contribution < 1.29 is 64.5 Å². The molecule has 7 N–H and O–H groups in total. The zero-order valence-corrected chi connectivity index (χ0v) is 73.1. The van der Waals surface area contributed by atoms with Gasteiger partial charge in [0.05, 0.1) is 44.6 Å². The van der Waals surface area contributed by atoms with E-state index >= 15 is 0 Å². The Morgan fingerprint density at radius 3 is 1.09 bits per heavy atom. The Bertz CT molecular complexity index is 7520. The number of anilines is 9. The van der Waals surface area contributed by atoms with Gasteiger partial charge in [-0.05, 0) is 125 Å². The van der Waals surface area contributed by atoms with E-state index in [0.29, 0.717) is 135 Å². The fourth-order valence-corrected chi connectivity index (χ4v) is 17.6. The number of nitrogens with zero attached hydrogens (tertiary/aromatic N) is 33. The fourth-order valence-electron chi connectivity index (χ4n) is 17.6. The number of rotatable bonds is 19. The van der Waals surface area contributed by atoms with Gasteiger partial charge in [0.15, 0.2) is 73.6 Å². The number of pyridine rings is 2. The second-order valence-corrected chi connectivity index (χ2v) is 33.0. The van der Waals surface area contributed by atoms with Gasteiger partial charge in [0.1, 0.15) is 60.0 Å². The Hall–Kier alpha value is -18.6. The van der Waals surface area contributed by atoms with Crippen molar-refractivity contribution in [1.82, 2.24) is 118 Å². The van der Waals surface area contributed by atoms with E-state index in [1.165, 1.54) is 64.6 Å². The molecule has 3 fully saturated rings. The topological polar surface area (TPSA) is 535 Å². The summed E-state index contributed by atoms with van der Waals surface area (Å²) in [7, 11) is 0. The monoisotopic (exact) mass is 1860 g/mol. The number of piperazine rings is 3. The summed E-state index contributed by atoms with van der Waals surface area (Å²) in [6, 6.07) is 49.7. The Kier molecular flexibility index (Phi) is 22.6. The normalized spacial score (nSPS) is 14.7. The van der Waals surface area contributed by atoms with Crippen LogP contribution >= 0.6 is 0 Å². The zero-order valence-electron chi connectivity index (χ0n) is 73.1. The second-order valence-electron chi connectivity index (χ2n) is 33.0. The number of amides is 2. The van der Waals surface area contributed by atoms with Gasteiger partial charge in [0.25, 0.3) is 11.8 Å². The third-order valence-corrected chi connectivity index (χ3v) is 24.4. The molecule has 2 amide bonds. The number of aliphatic carboxylic acids is 4. The Morgan fingerprint density at radius 2 is 0.659 bits per heavy atom. The summed E-state index contributed by atoms with van der Waals surface area (Å²) in [5.74, 6) is -0.432. The summed E-state index contributed by atoms with van der Waals surface area (Å²) < 4.78 is 8.96. The molecule has 3 saturated heterocycles. The highest BCUT2D eigenvalue weighted by Gasteiger charge is 2.38. The maximum Gasteiger partial charge on any atom is 0.323 e. The van der Waals surface area contributed by atoms with Crippen molar-refractivity contribution in [2.75, 3.05) is 123 Å². The van der Waals surface area contributed by atoms with Crippen molar-refractivity contribution in [3.63, 3.8) is 0 Å². The maximum absolute atomic E-state index is 13.2. The first kappa shape index (κ1) is 86.2. The number of carboxylic acids is 4. The fraction of sp³-hybridized carbons (Fsp3) is 0.217. The number of imidazole rings is 4. The summed E-state index contributed by atoms with van der Waals surface area (Å²) in [4.78, 5) is 154. The van der Waals surface area contributed by atoms with Crippen LogP contribution in [0.1, 0.15) is 43.0 Å². The van der Waals surface area contributed by atoms with E-state index in [1.807, 2.05) is 77.7 Å². The van der Waals surface area contributed by atoms with Gasteiger partial charge in [-0.3, -0.25) is 43.6 Å². The molecule has 692 valence electrons. The molecule has 24 rings (SSSR count). The summed E-state index contributed by atoms with van der Waals surface area (Å²) >= 11 is 0. The van der Waals surface area contributed by atoms with Crippen LogP contribution in [-0.4, -0.2) is 268 Å². The van der Waals surface area contributed by atoms with Crippen molar-refractivity contribution in [3.8, 4) is 28.9 Å². The SMILES string of the molecule is O=C(O)Cn1cnc2c(-n3nnc4cccnc43)nc(N3CCN(c4ccc(O)cc4)CC3)nc21.O=C(O)Cn1cnc2c(-n3nnc4ccncc43)nc(N3CCN(c4ccc(O)cc4)CC3)nc21.O=C(O)Cn1cnc2c(N3Cc4ccccc4C3)nc(N3CCN(c4ccc(O)cc4)CC3)nc21.O=C(O)Cn1cnc2c(N3Cc4ccccc4C3=O)nc(N3Cc4ccccc4C3=O)nc21. The molecule has 6 aliphatic rings. The van der Waals surface area contributed by atoms with Gasteiger partial charge in [-0.25, -0.2) is 24.9 Å². The number of aromatic nitrogens is 24.